The first-order valence-electron chi connectivity index (χ1n) is 6.12. The van der Waals surface area contributed by atoms with Crippen molar-refractivity contribution in [3.05, 3.63) is 0 Å². The Morgan fingerprint density at radius 3 is 2.12 bits per heavy atom. The van der Waals surface area contributed by atoms with Crippen molar-refractivity contribution in [1.82, 2.24) is 0 Å². The van der Waals surface area contributed by atoms with Gasteiger partial charge >= 0.3 is 0 Å². The van der Waals surface area contributed by atoms with Crippen LogP contribution in [0, 0.1) is 11.8 Å². The quantitative estimate of drug-likeness (QED) is 0.362. The molecule has 3 heteroatoms. The van der Waals surface area contributed by atoms with Gasteiger partial charge in [-0.3, -0.25) is 0 Å². The van der Waals surface area contributed by atoms with E-state index >= 15 is 0 Å². The molecule has 94 valence electrons. The topological polar surface area (TPSA) is 18.5 Å². The van der Waals surface area contributed by atoms with Gasteiger partial charge in [-0.25, -0.2) is 4.39 Å². The fourth-order valence-corrected chi connectivity index (χ4v) is 1.24. The van der Waals surface area contributed by atoms with E-state index in [0.717, 1.165) is 19.3 Å². The number of unbranched alkanes of at least 4 members (excludes halogenated alkanes) is 2. The summed E-state index contributed by atoms with van der Waals surface area (Å²) in [5.41, 5.74) is 0. The molecule has 0 N–H and O–H groups in total. The lowest BCUT2D eigenvalue weighted by molar-refractivity contribution is -0.0971. The summed E-state index contributed by atoms with van der Waals surface area (Å²) in [6, 6.07) is 0. The number of alkyl halides is 1. The minimum Gasteiger partial charge on any atom is -0.342 e. The van der Waals surface area contributed by atoms with Crippen LogP contribution in [0.2, 0.25) is 0 Å². The van der Waals surface area contributed by atoms with Crippen LogP contribution in [0.4, 0.5) is 4.39 Å². The minimum atomic E-state index is -1.06. The Hall–Kier alpha value is -0.590. The first kappa shape index (κ1) is 15.4. The normalized spacial score (nSPS) is 12.3. The van der Waals surface area contributed by atoms with Gasteiger partial charge in [-0.2, -0.15) is 0 Å². The molecule has 0 aromatic carbocycles. The zero-order chi connectivity index (χ0) is 12.2. The maximum Gasteiger partial charge on any atom is 0.222 e. The van der Waals surface area contributed by atoms with E-state index in [2.05, 4.69) is 18.8 Å². The molecule has 0 saturated heterocycles. The van der Waals surface area contributed by atoms with Gasteiger partial charge in [0, 0.05) is 13.2 Å². The van der Waals surface area contributed by atoms with Crippen LogP contribution in [0.1, 0.15) is 46.5 Å². The van der Waals surface area contributed by atoms with Crippen LogP contribution in [0.15, 0.2) is 0 Å². The zero-order valence-electron chi connectivity index (χ0n) is 10.6. The van der Waals surface area contributed by atoms with E-state index in [0.29, 0.717) is 19.6 Å². The van der Waals surface area contributed by atoms with Crippen molar-refractivity contribution < 1.29 is 13.9 Å². The fourth-order valence-electron chi connectivity index (χ4n) is 1.24. The van der Waals surface area contributed by atoms with Gasteiger partial charge in [0.05, 0.1) is 0 Å². The van der Waals surface area contributed by atoms with E-state index in [4.69, 9.17) is 9.47 Å². The Kier molecular flexibility index (Phi) is 10.5. The molecule has 0 spiro atoms. The fraction of sp³-hybridized carbons (Fsp3) is 0.846. The van der Waals surface area contributed by atoms with E-state index in [1.165, 1.54) is 0 Å². The summed E-state index contributed by atoms with van der Waals surface area (Å²) in [7, 11) is 0. The second kappa shape index (κ2) is 10.9. The van der Waals surface area contributed by atoms with E-state index in [9.17, 15) is 4.39 Å². The molecule has 0 bridgehead atoms. The second-order valence-corrected chi connectivity index (χ2v) is 3.49. The Labute approximate surface area is 98.5 Å². The van der Waals surface area contributed by atoms with Crippen molar-refractivity contribution in [2.45, 2.75) is 58.9 Å². The van der Waals surface area contributed by atoms with Crippen LogP contribution in [0.3, 0.4) is 0 Å². The molecule has 2 nitrogen and oxygen atoms in total. The Morgan fingerprint density at radius 1 is 1.00 bits per heavy atom. The highest BCUT2D eigenvalue weighted by Gasteiger charge is 2.04. The van der Waals surface area contributed by atoms with Crippen molar-refractivity contribution in [1.29, 1.82) is 0 Å². The molecule has 0 aromatic heterocycles. The maximum absolute atomic E-state index is 13.3. The van der Waals surface area contributed by atoms with Crippen LogP contribution in [0.5, 0.6) is 0 Å². The van der Waals surface area contributed by atoms with Crippen molar-refractivity contribution in [2.75, 3.05) is 13.2 Å². The number of ether oxygens (including phenoxy) is 2. The third kappa shape index (κ3) is 8.70. The summed E-state index contributed by atoms with van der Waals surface area (Å²) in [6.07, 6.45) is 1.91. The summed E-state index contributed by atoms with van der Waals surface area (Å²) >= 11 is 0. The molecule has 0 fully saturated rings. The molecular weight excluding hydrogens is 207 g/mol. The molecule has 0 rings (SSSR count). The standard InChI is InChI=1S/C13H23FO2/c1-4-7-8-9-12(14)10-11-13(15-5-2)16-6-3/h12-13H,4-9H2,1-3H3. The number of hydrogen-bond donors (Lipinski definition) is 0. The first-order valence-corrected chi connectivity index (χ1v) is 6.12. The largest absolute Gasteiger partial charge is 0.342 e. The average Bonchev–Trinajstić information content (AvgIpc) is 2.27. The van der Waals surface area contributed by atoms with Gasteiger partial charge in [0.2, 0.25) is 6.29 Å². The molecule has 0 aromatic rings. The van der Waals surface area contributed by atoms with Crippen LogP contribution < -0.4 is 0 Å². The molecular formula is C13H23FO2. The molecule has 0 amide bonds. The number of halogens is 1. The van der Waals surface area contributed by atoms with Gasteiger partial charge in [-0.15, -0.1) is 0 Å². The smallest absolute Gasteiger partial charge is 0.222 e. The van der Waals surface area contributed by atoms with Gasteiger partial charge in [0.25, 0.3) is 0 Å². The molecule has 1 atom stereocenters. The average molecular weight is 230 g/mol. The minimum absolute atomic E-state index is 0.506. The van der Waals surface area contributed by atoms with Gasteiger partial charge < -0.3 is 9.47 Å². The van der Waals surface area contributed by atoms with Crippen LogP contribution >= 0.6 is 0 Å². The lowest BCUT2D eigenvalue weighted by Gasteiger charge is -2.09. The Bertz CT molecular complexity index is 202. The van der Waals surface area contributed by atoms with Gasteiger partial charge in [0.1, 0.15) is 0 Å². The molecule has 0 aliphatic carbocycles. The van der Waals surface area contributed by atoms with Crippen molar-refractivity contribution in [2.24, 2.45) is 0 Å². The zero-order valence-corrected chi connectivity index (χ0v) is 10.6. The summed E-state index contributed by atoms with van der Waals surface area (Å²) in [4.78, 5) is 0. The highest BCUT2D eigenvalue weighted by atomic mass is 19.1. The predicted octanol–water partition coefficient (Wildman–Crippen LogP) is 3.31. The molecule has 0 aliphatic rings. The van der Waals surface area contributed by atoms with Gasteiger partial charge in [0.15, 0.2) is 6.17 Å². The number of rotatable bonds is 8. The third-order valence-electron chi connectivity index (χ3n) is 2.06. The summed E-state index contributed by atoms with van der Waals surface area (Å²) in [5, 5.41) is 0. The molecule has 0 heterocycles. The Morgan fingerprint density at radius 2 is 1.62 bits per heavy atom. The van der Waals surface area contributed by atoms with Crippen molar-refractivity contribution >= 4 is 0 Å². The van der Waals surface area contributed by atoms with E-state index in [1.807, 2.05) is 13.8 Å². The van der Waals surface area contributed by atoms with E-state index in [-0.39, 0.29) is 0 Å². The van der Waals surface area contributed by atoms with E-state index < -0.39 is 12.5 Å². The summed E-state index contributed by atoms with van der Waals surface area (Å²) in [5.74, 6) is 5.22. The van der Waals surface area contributed by atoms with Crippen LogP contribution in [-0.4, -0.2) is 25.7 Å². The SMILES string of the molecule is CCCCCC(F)C#CC(OCC)OCC. The second-order valence-electron chi connectivity index (χ2n) is 3.49. The molecule has 16 heavy (non-hydrogen) atoms. The van der Waals surface area contributed by atoms with Crippen LogP contribution in [-0.2, 0) is 9.47 Å². The highest BCUT2D eigenvalue weighted by Crippen LogP contribution is 2.05. The van der Waals surface area contributed by atoms with Crippen LogP contribution in [0.25, 0.3) is 0 Å². The van der Waals surface area contributed by atoms with Crippen molar-refractivity contribution in [3.8, 4) is 11.8 Å². The molecule has 0 saturated carbocycles. The molecule has 1 unspecified atom stereocenters. The lowest BCUT2D eigenvalue weighted by Crippen LogP contribution is -2.15. The Balaban J connectivity index is 3.90. The van der Waals surface area contributed by atoms with E-state index in [1.54, 1.807) is 0 Å². The maximum atomic E-state index is 13.3. The molecule has 0 radical (unpaired) electrons. The number of hydrogen-bond acceptors (Lipinski definition) is 2. The first-order chi connectivity index (χ1) is 7.74. The third-order valence-corrected chi connectivity index (χ3v) is 2.06. The highest BCUT2D eigenvalue weighted by molar-refractivity contribution is 5.07. The van der Waals surface area contributed by atoms with Gasteiger partial charge in [-0.05, 0) is 32.6 Å². The summed E-state index contributed by atoms with van der Waals surface area (Å²) < 4.78 is 23.7. The lowest BCUT2D eigenvalue weighted by atomic mass is 10.1. The van der Waals surface area contributed by atoms with Gasteiger partial charge in [-0.1, -0.05) is 25.7 Å². The molecule has 0 aliphatic heterocycles. The van der Waals surface area contributed by atoms with Crippen molar-refractivity contribution in [3.63, 3.8) is 0 Å². The summed E-state index contributed by atoms with van der Waals surface area (Å²) in [6.45, 7) is 6.86. The monoisotopic (exact) mass is 230 g/mol. The predicted molar refractivity (Wildman–Crippen MR) is 63.9 cm³/mol.